The van der Waals surface area contributed by atoms with Gasteiger partial charge in [-0.3, -0.25) is 9.78 Å². The molecule has 4 nitrogen and oxygen atoms in total. The summed E-state index contributed by atoms with van der Waals surface area (Å²) in [6.07, 6.45) is 3.48. The molecule has 0 aliphatic heterocycles. The maximum absolute atomic E-state index is 10.6. The fourth-order valence-corrected chi connectivity index (χ4v) is 1.29. The summed E-state index contributed by atoms with van der Waals surface area (Å²) in [4.78, 5) is 17.7. The lowest BCUT2D eigenvalue weighted by molar-refractivity contribution is -0.142. The van der Waals surface area contributed by atoms with Crippen LogP contribution in [0.1, 0.15) is 12.6 Å². The third-order valence-electron chi connectivity index (χ3n) is 1.91. The number of fused-ring (bicyclic) bond motifs is 1. The molecule has 0 saturated heterocycles. The minimum atomic E-state index is -0.276. The second-order valence-corrected chi connectivity index (χ2v) is 3.04. The lowest BCUT2D eigenvalue weighted by atomic mass is 10.3. The van der Waals surface area contributed by atoms with Crippen LogP contribution in [0.4, 0.5) is 0 Å². The van der Waals surface area contributed by atoms with E-state index in [9.17, 15) is 4.79 Å². The van der Waals surface area contributed by atoms with E-state index in [-0.39, 0.29) is 12.6 Å². The van der Waals surface area contributed by atoms with Gasteiger partial charge in [0.25, 0.3) is 0 Å². The Bertz CT molecular complexity index is 429. The molecule has 2 aromatic rings. The Labute approximate surface area is 80.9 Å². The normalized spacial score (nSPS) is 10.4. The number of nitrogens with zero attached hydrogens (tertiary/aromatic N) is 1. The van der Waals surface area contributed by atoms with Crippen LogP contribution < -0.4 is 0 Å². The van der Waals surface area contributed by atoms with Crippen LogP contribution in [0.3, 0.4) is 0 Å². The molecule has 2 heterocycles. The number of hydrogen-bond acceptors (Lipinski definition) is 3. The molecule has 0 unspecified atom stereocenters. The van der Waals surface area contributed by atoms with Crippen LogP contribution in [0.2, 0.25) is 0 Å². The minimum Gasteiger partial charge on any atom is -0.459 e. The Morgan fingerprint density at radius 2 is 2.50 bits per heavy atom. The number of aromatic nitrogens is 2. The first-order chi connectivity index (χ1) is 6.75. The molecule has 0 amide bonds. The standard InChI is InChI=1S/C10H10N2O2/c1-7(13)14-6-9-4-8-5-11-3-2-10(8)12-9/h2-5,12H,6H2,1H3. The number of ether oxygens (including phenoxy) is 1. The van der Waals surface area contributed by atoms with Crippen LogP contribution >= 0.6 is 0 Å². The largest absolute Gasteiger partial charge is 0.459 e. The number of rotatable bonds is 2. The summed E-state index contributed by atoms with van der Waals surface area (Å²) in [5, 5.41) is 1.02. The van der Waals surface area contributed by atoms with Gasteiger partial charge in [-0.25, -0.2) is 0 Å². The Hall–Kier alpha value is -1.84. The highest BCUT2D eigenvalue weighted by molar-refractivity contribution is 5.79. The van der Waals surface area contributed by atoms with Crippen LogP contribution in [-0.2, 0) is 16.1 Å². The zero-order valence-electron chi connectivity index (χ0n) is 7.78. The van der Waals surface area contributed by atoms with Gasteiger partial charge < -0.3 is 9.72 Å². The van der Waals surface area contributed by atoms with E-state index in [4.69, 9.17) is 4.74 Å². The van der Waals surface area contributed by atoms with Crippen molar-refractivity contribution in [1.82, 2.24) is 9.97 Å². The molecule has 1 N–H and O–H groups in total. The highest BCUT2D eigenvalue weighted by Gasteiger charge is 2.01. The van der Waals surface area contributed by atoms with E-state index < -0.39 is 0 Å². The Balaban J connectivity index is 2.22. The van der Waals surface area contributed by atoms with Crippen LogP contribution in [0.15, 0.2) is 24.5 Å². The summed E-state index contributed by atoms with van der Waals surface area (Å²) in [5.41, 5.74) is 1.88. The van der Waals surface area contributed by atoms with Crippen molar-refractivity contribution in [3.8, 4) is 0 Å². The SMILES string of the molecule is CC(=O)OCc1cc2cnccc2[nH]1. The van der Waals surface area contributed by atoms with Crippen molar-refractivity contribution < 1.29 is 9.53 Å². The molecule has 2 rings (SSSR count). The summed E-state index contributed by atoms with van der Waals surface area (Å²) in [6.45, 7) is 1.67. The van der Waals surface area contributed by atoms with Gasteiger partial charge in [-0.05, 0) is 12.1 Å². The smallest absolute Gasteiger partial charge is 0.303 e. The minimum absolute atomic E-state index is 0.276. The maximum Gasteiger partial charge on any atom is 0.303 e. The van der Waals surface area contributed by atoms with Crippen molar-refractivity contribution in [3.05, 3.63) is 30.2 Å². The van der Waals surface area contributed by atoms with Crippen molar-refractivity contribution in [1.29, 1.82) is 0 Å². The van der Waals surface area contributed by atoms with E-state index in [2.05, 4.69) is 9.97 Å². The number of esters is 1. The summed E-state index contributed by atoms with van der Waals surface area (Å²) in [7, 11) is 0. The first-order valence-corrected chi connectivity index (χ1v) is 4.30. The van der Waals surface area contributed by atoms with Gasteiger partial charge in [0, 0.05) is 30.2 Å². The fraction of sp³-hybridized carbons (Fsp3) is 0.200. The van der Waals surface area contributed by atoms with Crippen molar-refractivity contribution in [3.63, 3.8) is 0 Å². The molecular weight excluding hydrogens is 180 g/mol. The van der Waals surface area contributed by atoms with Gasteiger partial charge in [-0.1, -0.05) is 0 Å². The number of nitrogens with one attached hydrogen (secondary N) is 1. The monoisotopic (exact) mass is 190 g/mol. The molecule has 0 bridgehead atoms. The van der Waals surface area contributed by atoms with Gasteiger partial charge in [-0.15, -0.1) is 0 Å². The molecule has 0 saturated carbocycles. The van der Waals surface area contributed by atoms with Gasteiger partial charge in [-0.2, -0.15) is 0 Å². The first-order valence-electron chi connectivity index (χ1n) is 4.30. The summed E-state index contributed by atoms with van der Waals surface area (Å²) >= 11 is 0. The lowest BCUT2D eigenvalue weighted by Gasteiger charge is -1.97. The summed E-state index contributed by atoms with van der Waals surface area (Å²) in [6, 6.07) is 3.80. The van der Waals surface area contributed by atoms with Gasteiger partial charge in [0.05, 0.1) is 5.69 Å². The first kappa shape index (κ1) is 8.74. The van der Waals surface area contributed by atoms with E-state index >= 15 is 0 Å². The third kappa shape index (κ3) is 1.74. The number of hydrogen-bond donors (Lipinski definition) is 1. The van der Waals surface area contributed by atoms with Crippen LogP contribution in [0.25, 0.3) is 10.9 Å². The van der Waals surface area contributed by atoms with Crippen molar-refractivity contribution >= 4 is 16.9 Å². The average molecular weight is 190 g/mol. The molecule has 0 spiro atoms. The Morgan fingerprint density at radius 1 is 1.64 bits per heavy atom. The van der Waals surface area contributed by atoms with Gasteiger partial charge in [0.1, 0.15) is 6.61 Å². The second kappa shape index (κ2) is 3.49. The molecule has 0 aliphatic carbocycles. The average Bonchev–Trinajstić information content (AvgIpc) is 2.57. The zero-order valence-corrected chi connectivity index (χ0v) is 7.78. The zero-order chi connectivity index (χ0) is 9.97. The predicted octanol–water partition coefficient (Wildman–Crippen LogP) is 1.63. The van der Waals surface area contributed by atoms with E-state index in [1.54, 1.807) is 12.4 Å². The van der Waals surface area contributed by atoms with E-state index in [1.165, 1.54) is 6.92 Å². The topological polar surface area (TPSA) is 55.0 Å². The van der Waals surface area contributed by atoms with Crippen molar-refractivity contribution in [2.24, 2.45) is 0 Å². The number of aromatic amines is 1. The van der Waals surface area contributed by atoms with Crippen LogP contribution in [0.5, 0.6) is 0 Å². The molecule has 0 aliphatic rings. The highest BCUT2D eigenvalue weighted by atomic mass is 16.5. The molecule has 0 radical (unpaired) electrons. The fourth-order valence-electron chi connectivity index (χ4n) is 1.29. The van der Waals surface area contributed by atoms with Gasteiger partial charge >= 0.3 is 5.97 Å². The molecule has 0 fully saturated rings. The second-order valence-electron chi connectivity index (χ2n) is 3.04. The lowest BCUT2D eigenvalue weighted by Crippen LogP contribution is -1.98. The van der Waals surface area contributed by atoms with Gasteiger partial charge in [0.2, 0.25) is 0 Å². The highest BCUT2D eigenvalue weighted by Crippen LogP contribution is 2.13. The molecule has 0 aromatic carbocycles. The third-order valence-corrected chi connectivity index (χ3v) is 1.91. The number of H-pyrrole nitrogens is 1. The number of pyridine rings is 1. The summed E-state index contributed by atoms with van der Waals surface area (Å²) in [5.74, 6) is -0.276. The van der Waals surface area contributed by atoms with E-state index in [0.29, 0.717) is 0 Å². The summed E-state index contributed by atoms with van der Waals surface area (Å²) < 4.78 is 4.87. The van der Waals surface area contributed by atoms with Gasteiger partial charge in [0.15, 0.2) is 0 Å². The van der Waals surface area contributed by atoms with Crippen molar-refractivity contribution in [2.45, 2.75) is 13.5 Å². The van der Waals surface area contributed by atoms with E-state index in [1.807, 2.05) is 12.1 Å². The number of carbonyl (C=O) groups is 1. The molecular formula is C10H10N2O2. The van der Waals surface area contributed by atoms with E-state index in [0.717, 1.165) is 16.6 Å². The Kier molecular flexibility index (Phi) is 2.18. The molecule has 72 valence electrons. The molecule has 4 heteroatoms. The maximum atomic E-state index is 10.6. The molecule has 0 atom stereocenters. The predicted molar refractivity (Wildman–Crippen MR) is 51.6 cm³/mol. The quantitative estimate of drug-likeness (QED) is 0.732. The van der Waals surface area contributed by atoms with Crippen LogP contribution in [-0.4, -0.2) is 15.9 Å². The van der Waals surface area contributed by atoms with Crippen molar-refractivity contribution in [2.75, 3.05) is 0 Å². The number of carbonyl (C=O) groups excluding carboxylic acids is 1. The molecule has 14 heavy (non-hydrogen) atoms. The Morgan fingerprint density at radius 3 is 3.21 bits per heavy atom. The molecule has 2 aromatic heterocycles. The van der Waals surface area contributed by atoms with Crippen LogP contribution in [0, 0.1) is 0 Å².